The molecule has 1 aliphatic heterocycles. The first kappa shape index (κ1) is 13.9. The van der Waals surface area contributed by atoms with Crippen molar-refractivity contribution in [1.82, 2.24) is 0 Å². The lowest BCUT2D eigenvalue weighted by atomic mass is 9.75. The van der Waals surface area contributed by atoms with E-state index in [1.165, 1.54) is 32.1 Å². The third-order valence-corrected chi connectivity index (χ3v) is 5.12. The Labute approximate surface area is 121 Å². The predicted octanol–water partition coefficient (Wildman–Crippen LogP) is 3.34. The van der Waals surface area contributed by atoms with Crippen molar-refractivity contribution in [2.75, 3.05) is 24.5 Å². The van der Waals surface area contributed by atoms with E-state index in [1.54, 1.807) is 6.07 Å². The van der Waals surface area contributed by atoms with Crippen LogP contribution in [0.15, 0.2) is 18.2 Å². The van der Waals surface area contributed by atoms with Gasteiger partial charge in [-0.2, -0.15) is 0 Å². The molecule has 0 spiro atoms. The highest BCUT2D eigenvalue weighted by atomic mass is 19.1. The number of piperidine rings is 1. The van der Waals surface area contributed by atoms with Crippen LogP contribution < -0.4 is 10.6 Å². The molecular weight excluding hydrogens is 251 g/mol. The number of hydrogen-bond acceptors (Lipinski definition) is 2. The third-order valence-electron chi connectivity index (χ3n) is 5.12. The average Bonchev–Trinajstić information content (AvgIpc) is 2.49. The molecule has 110 valence electrons. The minimum absolute atomic E-state index is 0.0984. The lowest BCUT2D eigenvalue weighted by molar-refractivity contribution is 0.202. The van der Waals surface area contributed by atoms with Crippen molar-refractivity contribution in [3.63, 3.8) is 0 Å². The first-order valence-electron chi connectivity index (χ1n) is 8.02. The van der Waals surface area contributed by atoms with Gasteiger partial charge in [-0.15, -0.1) is 0 Å². The van der Waals surface area contributed by atoms with Crippen molar-refractivity contribution < 1.29 is 4.39 Å². The smallest absolute Gasteiger partial charge is 0.128 e. The summed E-state index contributed by atoms with van der Waals surface area (Å²) >= 11 is 0. The number of halogens is 1. The fraction of sp³-hybridized carbons (Fsp3) is 0.647. The maximum atomic E-state index is 14.0. The molecule has 0 bridgehead atoms. The van der Waals surface area contributed by atoms with Gasteiger partial charge in [0.1, 0.15) is 5.82 Å². The maximum Gasteiger partial charge on any atom is 0.128 e. The average molecular weight is 276 g/mol. The van der Waals surface area contributed by atoms with Gasteiger partial charge in [-0.05, 0) is 49.8 Å². The van der Waals surface area contributed by atoms with Crippen molar-refractivity contribution in [3.8, 4) is 0 Å². The van der Waals surface area contributed by atoms with Crippen LogP contribution in [0.3, 0.4) is 0 Å². The van der Waals surface area contributed by atoms with Gasteiger partial charge in [0.15, 0.2) is 0 Å². The van der Waals surface area contributed by atoms with E-state index in [-0.39, 0.29) is 5.82 Å². The third kappa shape index (κ3) is 2.69. The molecule has 2 nitrogen and oxygen atoms in total. The normalized spacial score (nSPS) is 26.4. The van der Waals surface area contributed by atoms with Crippen LogP contribution in [0, 0.1) is 17.7 Å². The highest BCUT2D eigenvalue weighted by molar-refractivity contribution is 5.55. The highest BCUT2D eigenvalue weighted by Crippen LogP contribution is 2.38. The number of rotatable bonds is 3. The molecule has 2 aliphatic rings. The Hall–Kier alpha value is -1.09. The molecule has 1 heterocycles. The van der Waals surface area contributed by atoms with Crippen LogP contribution in [0.1, 0.15) is 37.7 Å². The first-order valence-corrected chi connectivity index (χ1v) is 8.02. The molecule has 1 saturated heterocycles. The molecule has 1 saturated carbocycles. The lowest BCUT2D eigenvalue weighted by Crippen LogP contribution is -2.42. The molecule has 1 aromatic rings. The second kappa shape index (κ2) is 6.13. The van der Waals surface area contributed by atoms with Crippen LogP contribution in [0.4, 0.5) is 10.1 Å². The largest absolute Gasteiger partial charge is 0.371 e. The van der Waals surface area contributed by atoms with Crippen LogP contribution in [-0.2, 0) is 6.42 Å². The summed E-state index contributed by atoms with van der Waals surface area (Å²) in [6.45, 7) is 2.68. The van der Waals surface area contributed by atoms with Crippen LogP contribution in [-0.4, -0.2) is 19.6 Å². The van der Waals surface area contributed by atoms with Crippen molar-refractivity contribution in [2.24, 2.45) is 17.6 Å². The first-order chi connectivity index (χ1) is 9.79. The molecule has 1 aliphatic carbocycles. The fourth-order valence-corrected chi connectivity index (χ4v) is 4.06. The molecule has 2 unspecified atom stereocenters. The van der Waals surface area contributed by atoms with Gasteiger partial charge in [-0.25, -0.2) is 4.39 Å². The van der Waals surface area contributed by atoms with E-state index in [2.05, 4.69) is 11.0 Å². The molecule has 0 radical (unpaired) electrons. The quantitative estimate of drug-likeness (QED) is 0.917. The minimum Gasteiger partial charge on any atom is -0.371 e. The van der Waals surface area contributed by atoms with E-state index in [0.717, 1.165) is 36.2 Å². The monoisotopic (exact) mass is 276 g/mol. The zero-order valence-corrected chi connectivity index (χ0v) is 12.2. The zero-order valence-electron chi connectivity index (χ0n) is 12.2. The fourth-order valence-electron chi connectivity index (χ4n) is 4.06. The Morgan fingerprint density at radius 1 is 1.15 bits per heavy atom. The van der Waals surface area contributed by atoms with Crippen molar-refractivity contribution in [3.05, 3.63) is 29.6 Å². The molecule has 0 amide bonds. The second-order valence-corrected chi connectivity index (χ2v) is 6.32. The summed E-state index contributed by atoms with van der Waals surface area (Å²) < 4.78 is 14.0. The topological polar surface area (TPSA) is 29.3 Å². The summed E-state index contributed by atoms with van der Waals surface area (Å²) in [5.74, 6) is 1.62. The molecule has 20 heavy (non-hydrogen) atoms. The Kier molecular flexibility index (Phi) is 4.25. The molecule has 2 atom stereocenters. The van der Waals surface area contributed by atoms with E-state index >= 15 is 0 Å². The van der Waals surface area contributed by atoms with E-state index in [1.807, 2.05) is 6.07 Å². The summed E-state index contributed by atoms with van der Waals surface area (Å²) in [5.41, 5.74) is 7.54. The lowest BCUT2D eigenvalue weighted by Gasteiger charge is -2.43. The van der Waals surface area contributed by atoms with E-state index in [0.29, 0.717) is 13.0 Å². The van der Waals surface area contributed by atoms with Crippen LogP contribution in [0.5, 0.6) is 0 Å². The molecule has 0 aromatic heterocycles. The Bertz CT molecular complexity index is 460. The van der Waals surface area contributed by atoms with Gasteiger partial charge in [-0.3, -0.25) is 0 Å². The Balaban J connectivity index is 1.81. The molecule has 2 N–H and O–H groups in total. The van der Waals surface area contributed by atoms with E-state index in [9.17, 15) is 4.39 Å². The number of nitrogens with two attached hydrogens (primary N) is 1. The molecule has 3 rings (SSSR count). The van der Waals surface area contributed by atoms with Crippen LogP contribution in [0.25, 0.3) is 0 Å². The van der Waals surface area contributed by atoms with Gasteiger partial charge in [0.2, 0.25) is 0 Å². The van der Waals surface area contributed by atoms with Crippen LogP contribution in [0.2, 0.25) is 0 Å². The van der Waals surface area contributed by atoms with Gasteiger partial charge in [0, 0.05) is 24.3 Å². The minimum atomic E-state index is -0.0984. The summed E-state index contributed by atoms with van der Waals surface area (Å²) in [5, 5.41) is 0. The predicted molar refractivity (Wildman–Crippen MR) is 81.4 cm³/mol. The van der Waals surface area contributed by atoms with Gasteiger partial charge >= 0.3 is 0 Å². The Morgan fingerprint density at radius 3 is 2.75 bits per heavy atom. The standard InChI is InChI=1S/C17H25FN2/c18-16-6-3-7-17(15(16)8-10-19)20-11-9-13-4-1-2-5-14(13)12-20/h3,6-7,13-14H,1-2,4-5,8-12,19H2. The highest BCUT2D eigenvalue weighted by Gasteiger charge is 2.31. The molecule has 3 heteroatoms. The summed E-state index contributed by atoms with van der Waals surface area (Å²) in [7, 11) is 0. The zero-order chi connectivity index (χ0) is 13.9. The van der Waals surface area contributed by atoms with Gasteiger partial charge in [0.05, 0.1) is 0 Å². The van der Waals surface area contributed by atoms with Crippen LogP contribution >= 0.6 is 0 Å². The summed E-state index contributed by atoms with van der Waals surface area (Å²) in [4.78, 5) is 2.40. The van der Waals surface area contributed by atoms with Gasteiger partial charge < -0.3 is 10.6 Å². The van der Waals surface area contributed by atoms with Crippen molar-refractivity contribution >= 4 is 5.69 Å². The SMILES string of the molecule is NCCc1c(F)cccc1N1CCC2CCCCC2C1. The summed E-state index contributed by atoms with van der Waals surface area (Å²) in [6.07, 6.45) is 7.42. The molecule has 2 fully saturated rings. The number of fused-ring (bicyclic) bond motifs is 1. The number of anilines is 1. The number of benzene rings is 1. The molecule has 1 aromatic carbocycles. The number of hydrogen-bond donors (Lipinski definition) is 1. The number of nitrogens with zero attached hydrogens (tertiary/aromatic N) is 1. The van der Waals surface area contributed by atoms with E-state index < -0.39 is 0 Å². The van der Waals surface area contributed by atoms with Gasteiger partial charge in [-0.1, -0.05) is 25.3 Å². The van der Waals surface area contributed by atoms with E-state index in [4.69, 9.17) is 5.73 Å². The second-order valence-electron chi connectivity index (χ2n) is 6.32. The van der Waals surface area contributed by atoms with Gasteiger partial charge in [0.25, 0.3) is 0 Å². The Morgan fingerprint density at radius 2 is 1.95 bits per heavy atom. The summed E-state index contributed by atoms with van der Waals surface area (Å²) in [6, 6.07) is 5.46. The van der Waals surface area contributed by atoms with Crippen molar-refractivity contribution in [2.45, 2.75) is 38.5 Å². The molecular formula is C17H25FN2. The maximum absolute atomic E-state index is 14.0. The van der Waals surface area contributed by atoms with Crippen molar-refractivity contribution in [1.29, 1.82) is 0 Å².